The third-order valence-electron chi connectivity index (χ3n) is 6.18. The number of thiocarbonyl (C=S) groups is 1. The van der Waals surface area contributed by atoms with Gasteiger partial charge in [0.25, 0.3) is 21.6 Å². The normalized spacial score (nSPS) is 18.2. The van der Waals surface area contributed by atoms with Gasteiger partial charge in [-0.05, 0) is 37.1 Å². The van der Waals surface area contributed by atoms with E-state index in [1.165, 1.54) is 18.9 Å². The number of hydrogen-bond acceptors (Lipinski definition) is 12. The van der Waals surface area contributed by atoms with Crippen molar-refractivity contribution in [2.24, 2.45) is 0 Å². The lowest BCUT2D eigenvalue weighted by Crippen LogP contribution is -2.37. The first kappa shape index (κ1) is 33.5. The van der Waals surface area contributed by atoms with Crippen LogP contribution in [-0.2, 0) is 35.8 Å². The Morgan fingerprint density at radius 1 is 1.05 bits per heavy atom. The molecule has 4 rings (SSSR count). The highest BCUT2D eigenvalue weighted by atomic mass is 32.2. The number of thiazole rings is 1. The molecule has 2 aliphatic heterocycles. The van der Waals surface area contributed by atoms with Crippen LogP contribution in [0.1, 0.15) is 13.3 Å². The Morgan fingerprint density at radius 3 is 2.36 bits per heavy atom. The molecular weight excluding hydrogens is 675 g/mol. The molecule has 0 bridgehead atoms. The van der Waals surface area contributed by atoms with Crippen molar-refractivity contribution in [1.82, 2.24) is 9.47 Å². The molecule has 1 aromatic carbocycles. The number of amides is 1. The van der Waals surface area contributed by atoms with Crippen LogP contribution in [0, 0.1) is 0 Å². The number of aliphatic carboxylic acids is 2. The summed E-state index contributed by atoms with van der Waals surface area (Å²) in [5.74, 6) is -3.36. The minimum Gasteiger partial charge on any atom is -0.494 e. The van der Waals surface area contributed by atoms with Gasteiger partial charge in [-0.15, -0.1) is 11.3 Å². The van der Waals surface area contributed by atoms with E-state index in [4.69, 9.17) is 22.1 Å². The molecule has 1 aromatic heterocycles. The maximum Gasteiger partial charge on any atom is 0.323 e. The number of nitrogens with zero attached hydrogens (tertiary/aromatic N) is 3. The molecule has 0 spiro atoms. The fourth-order valence-corrected chi connectivity index (χ4v) is 8.47. The second-order valence-electron chi connectivity index (χ2n) is 9.25. The summed E-state index contributed by atoms with van der Waals surface area (Å²) < 4.78 is 38.5. The SMILES string of the molecule is COC(C=CC(C)=c1sc(=C2SC(=S)N(CC(=O)O)C2=O)n(CC(=O)O)c1=O)=C1Sc2ccccc2N1CCCS(=O)(=O)O. The van der Waals surface area contributed by atoms with Crippen molar-refractivity contribution in [3.8, 4) is 0 Å². The molecule has 0 atom stereocenters. The highest BCUT2D eigenvalue weighted by molar-refractivity contribution is 8.30. The van der Waals surface area contributed by atoms with E-state index in [0.29, 0.717) is 16.4 Å². The molecule has 3 N–H and O–H groups in total. The summed E-state index contributed by atoms with van der Waals surface area (Å²) in [6.45, 7) is 0.493. The zero-order valence-corrected chi connectivity index (χ0v) is 27.2. The van der Waals surface area contributed by atoms with Crippen molar-refractivity contribution < 1.29 is 42.3 Å². The van der Waals surface area contributed by atoms with Crippen molar-refractivity contribution in [3.63, 3.8) is 0 Å². The topological polar surface area (TPSA) is 184 Å². The highest BCUT2D eigenvalue weighted by Crippen LogP contribution is 2.47. The van der Waals surface area contributed by atoms with Crippen LogP contribution >= 0.6 is 47.1 Å². The van der Waals surface area contributed by atoms with E-state index in [1.54, 1.807) is 19.1 Å². The maximum absolute atomic E-state index is 13.4. The van der Waals surface area contributed by atoms with Gasteiger partial charge in [-0.1, -0.05) is 54.0 Å². The lowest BCUT2D eigenvalue weighted by Gasteiger charge is -2.21. The van der Waals surface area contributed by atoms with Gasteiger partial charge in [0.05, 0.1) is 23.1 Å². The molecule has 18 heteroatoms. The number of hydrogen-bond donors (Lipinski definition) is 3. The Labute approximate surface area is 268 Å². The number of carbonyl (C=O) groups is 3. The predicted molar refractivity (Wildman–Crippen MR) is 171 cm³/mol. The van der Waals surface area contributed by atoms with Crippen LogP contribution in [0.5, 0.6) is 0 Å². The number of para-hydroxylation sites is 1. The summed E-state index contributed by atoms with van der Waals surface area (Å²) >= 11 is 8.23. The van der Waals surface area contributed by atoms with Gasteiger partial charge in [-0.2, -0.15) is 8.42 Å². The summed E-state index contributed by atoms with van der Waals surface area (Å²) in [6, 6.07) is 7.48. The van der Waals surface area contributed by atoms with Crippen LogP contribution in [0.4, 0.5) is 5.69 Å². The monoisotopic (exact) mass is 699 g/mol. The van der Waals surface area contributed by atoms with Crippen LogP contribution in [0.2, 0.25) is 0 Å². The van der Waals surface area contributed by atoms with Gasteiger partial charge in [0.15, 0.2) is 0 Å². The first-order valence-corrected chi connectivity index (χ1v) is 17.1. The molecule has 0 unspecified atom stereocenters. The fraction of sp³-hybridized carbons (Fsp3) is 0.269. The first-order valence-electron chi connectivity index (χ1n) is 12.6. The van der Waals surface area contributed by atoms with E-state index in [2.05, 4.69) is 0 Å². The third kappa shape index (κ3) is 7.44. The Kier molecular flexibility index (Phi) is 10.4. The van der Waals surface area contributed by atoms with Crippen molar-refractivity contribution >= 4 is 95.5 Å². The van der Waals surface area contributed by atoms with Crippen LogP contribution < -0.4 is 19.7 Å². The van der Waals surface area contributed by atoms with Gasteiger partial charge in [0, 0.05) is 11.4 Å². The van der Waals surface area contributed by atoms with Gasteiger partial charge < -0.3 is 19.8 Å². The van der Waals surface area contributed by atoms with Crippen LogP contribution in [0.3, 0.4) is 0 Å². The number of ether oxygens (including phenoxy) is 1. The lowest BCUT2D eigenvalue weighted by molar-refractivity contribution is -0.140. The molecule has 0 aliphatic carbocycles. The zero-order chi connectivity index (χ0) is 32.3. The minimum absolute atomic E-state index is 0.0233. The smallest absolute Gasteiger partial charge is 0.323 e. The molecule has 2 aromatic rings. The van der Waals surface area contributed by atoms with Crippen LogP contribution in [0.15, 0.2) is 56.9 Å². The number of benzene rings is 1. The summed E-state index contributed by atoms with van der Waals surface area (Å²) in [5, 5.41) is 19.3. The van der Waals surface area contributed by atoms with Gasteiger partial charge in [0.2, 0.25) is 0 Å². The number of aromatic nitrogens is 1. The minimum atomic E-state index is -4.15. The number of carbonyl (C=O) groups excluding carboxylic acids is 1. The highest BCUT2D eigenvalue weighted by Gasteiger charge is 2.35. The molecule has 2 aliphatic rings. The fourth-order valence-electron chi connectivity index (χ4n) is 4.25. The largest absolute Gasteiger partial charge is 0.494 e. The molecule has 13 nitrogen and oxygen atoms in total. The molecule has 1 saturated heterocycles. The number of allylic oxidation sites excluding steroid dienone is 2. The van der Waals surface area contributed by atoms with E-state index >= 15 is 0 Å². The quantitative estimate of drug-likeness (QED) is 0.174. The van der Waals surface area contributed by atoms with Gasteiger partial charge in [-0.25, -0.2) is 0 Å². The van der Waals surface area contributed by atoms with E-state index in [9.17, 15) is 37.3 Å². The second kappa shape index (κ2) is 13.7. The van der Waals surface area contributed by atoms with Gasteiger partial charge in [-0.3, -0.25) is 33.2 Å². The molecule has 234 valence electrons. The number of anilines is 1. The average Bonchev–Trinajstić information content (AvgIpc) is 3.55. The second-order valence-corrected chi connectivity index (χ2v) is 14.5. The summed E-state index contributed by atoms with van der Waals surface area (Å²) in [6.07, 6.45) is 3.36. The van der Waals surface area contributed by atoms with Crippen LogP contribution in [0.25, 0.3) is 10.5 Å². The Bertz CT molecular complexity index is 1910. The Hall–Kier alpha value is -3.42. The van der Waals surface area contributed by atoms with Crippen LogP contribution in [-0.4, -0.2) is 80.8 Å². The average molecular weight is 700 g/mol. The number of methoxy groups -OCH3 is 1. The molecule has 1 fully saturated rings. The molecule has 0 radical (unpaired) electrons. The van der Waals surface area contributed by atoms with Crippen molar-refractivity contribution in [2.45, 2.75) is 24.8 Å². The number of fused-ring (bicyclic) bond motifs is 1. The summed E-state index contributed by atoms with van der Waals surface area (Å²) in [4.78, 5) is 52.8. The molecule has 44 heavy (non-hydrogen) atoms. The molecule has 1 amide bonds. The molecule has 0 saturated carbocycles. The number of rotatable bonds is 11. The first-order chi connectivity index (χ1) is 20.7. The summed E-state index contributed by atoms with van der Waals surface area (Å²) in [7, 11) is -2.69. The molecular formula is C26H25N3O10S5. The standard InChI is InChI=1S/C26H25N3O10S5/c1-14(8-9-16(39-2)24-27(10-5-11-44(36,37)38)15-6-3-4-7-17(15)41-24)20-22(34)28(12-18(30)31)25(42-20)21-23(35)29(13-19(32)33)26(40)43-21/h3-4,6-9H,5,10-13H2,1-2H3,(H,30,31)(H,32,33)(H,36,37,38). The number of thioether (sulfide) groups is 2. The van der Waals surface area contributed by atoms with E-state index < -0.39 is 52.4 Å². The third-order valence-corrected chi connectivity index (χ3v) is 11.0. The Balaban J connectivity index is 1.79. The summed E-state index contributed by atoms with van der Waals surface area (Å²) in [5.41, 5.74) is 0.607. The maximum atomic E-state index is 13.4. The van der Waals surface area contributed by atoms with Crippen molar-refractivity contribution in [2.75, 3.05) is 30.9 Å². The zero-order valence-electron chi connectivity index (χ0n) is 23.1. The van der Waals surface area contributed by atoms with E-state index in [-0.39, 0.29) is 31.4 Å². The molecule has 3 heterocycles. The van der Waals surface area contributed by atoms with E-state index in [0.717, 1.165) is 43.1 Å². The predicted octanol–water partition coefficient (Wildman–Crippen LogP) is 1.48. The van der Waals surface area contributed by atoms with Crippen molar-refractivity contribution in [1.29, 1.82) is 0 Å². The van der Waals surface area contributed by atoms with Gasteiger partial charge >= 0.3 is 11.9 Å². The van der Waals surface area contributed by atoms with E-state index in [1.807, 2.05) is 29.2 Å². The van der Waals surface area contributed by atoms with Crippen molar-refractivity contribution in [3.05, 3.63) is 66.8 Å². The number of carboxylic acid groups (broad SMARTS) is 2. The lowest BCUT2D eigenvalue weighted by atomic mass is 10.2. The van der Waals surface area contributed by atoms with Gasteiger partial charge in [0.1, 0.15) is 37.8 Å². The number of carboxylic acids is 2. The Morgan fingerprint density at radius 2 is 1.73 bits per heavy atom.